The second-order valence-electron chi connectivity index (χ2n) is 8.00. The van der Waals surface area contributed by atoms with Crippen molar-refractivity contribution in [2.45, 2.75) is 18.6 Å². The number of hydrogen-bond donors (Lipinski definition) is 2. The van der Waals surface area contributed by atoms with Crippen LogP contribution in [0, 0.1) is 0 Å². The van der Waals surface area contributed by atoms with Crippen molar-refractivity contribution in [1.29, 1.82) is 0 Å². The molecule has 1 heterocycles. The number of rotatable bonds is 6. The number of hydrogen-bond acceptors (Lipinski definition) is 3. The summed E-state index contributed by atoms with van der Waals surface area (Å²) in [6, 6.07) is 12.6. The Hall–Kier alpha value is -3.33. The van der Waals surface area contributed by atoms with Crippen LogP contribution in [0.15, 0.2) is 66.9 Å². The van der Waals surface area contributed by atoms with E-state index in [1.165, 1.54) is 42.6 Å². The van der Waals surface area contributed by atoms with Crippen molar-refractivity contribution in [3.05, 3.63) is 98.6 Å². The third-order valence-corrected chi connectivity index (χ3v) is 6.60. The quantitative estimate of drug-likeness (QED) is 0.256. The highest BCUT2D eigenvalue weighted by atomic mass is 35.5. The lowest BCUT2D eigenvalue weighted by Gasteiger charge is -2.19. The number of carboxylic acids is 1. The van der Waals surface area contributed by atoms with Crippen molar-refractivity contribution in [1.82, 2.24) is 10.3 Å². The Labute approximate surface area is 223 Å². The molecule has 1 atom stereocenters. The topological polar surface area (TPSA) is 79.3 Å². The third-order valence-electron chi connectivity index (χ3n) is 5.66. The Morgan fingerprint density at radius 1 is 0.919 bits per heavy atom. The van der Waals surface area contributed by atoms with E-state index in [4.69, 9.17) is 34.8 Å². The molecule has 0 aliphatic rings. The van der Waals surface area contributed by atoms with E-state index in [1.54, 1.807) is 18.2 Å². The fraction of sp³-hybridized carbons (Fsp3) is 0.115. The molecule has 0 aliphatic heterocycles. The number of carbonyl (C=O) groups is 2. The SMILES string of the molecule is O=C(NC(Cc1ccc(-c2c(Cl)cccc2C(F)(F)F)c2cccnc12)C(=O)O)c1c(Cl)cccc1Cl. The minimum absolute atomic E-state index is 0.0471. The summed E-state index contributed by atoms with van der Waals surface area (Å²) in [6.07, 6.45) is -3.44. The van der Waals surface area contributed by atoms with Crippen LogP contribution in [0.2, 0.25) is 15.1 Å². The van der Waals surface area contributed by atoms with Gasteiger partial charge in [0.1, 0.15) is 6.04 Å². The van der Waals surface area contributed by atoms with Crippen LogP contribution in [-0.2, 0) is 17.4 Å². The van der Waals surface area contributed by atoms with E-state index in [0.717, 1.165) is 6.07 Å². The lowest BCUT2D eigenvalue weighted by Crippen LogP contribution is -2.42. The van der Waals surface area contributed by atoms with E-state index in [2.05, 4.69) is 10.3 Å². The van der Waals surface area contributed by atoms with Gasteiger partial charge in [-0.2, -0.15) is 13.2 Å². The van der Waals surface area contributed by atoms with E-state index in [9.17, 15) is 27.9 Å². The molecule has 1 amide bonds. The second-order valence-corrected chi connectivity index (χ2v) is 9.22. The molecule has 1 unspecified atom stereocenters. The first kappa shape index (κ1) is 26.7. The smallest absolute Gasteiger partial charge is 0.417 e. The molecule has 2 N–H and O–H groups in total. The number of carbonyl (C=O) groups excluding carboxylic acids is 1. The van der Waals surface area contributed by atoms with E-state index < -0.39 is 29.7 Å². The van der Waals surface area contributed by atoms with Crippen LogP contribution in [0.25, 0.3) is 22.0 Å². The van der Waals surface area contributed by atoms with Crippen molar-refractivity contribution in [3.63, 3.8) is 0 Å². The van der Waals surface area contributed by atoms with Crippen LogP contribution < -0.4 is 5.32 Å². The van der Waals surface area contributed by atoms with Gasteiger partial charge in [0, 0.05) is 28.6 Å². The summed E-state index contributed by atoms with van der Waals surface area (Å²) in [4.78, 5) is 29.1. The molecular weight excluding hydrogens is 552 g/mol. The fourth-order valence-electron chi connectivity index (χ4n) is 4.01. The maximum absolute atomic E-state index is 13.8. The number of aliphatic carboxylic acids is 1. The Kier molecular flexibility index (Phi) is 7.64. The van der Waals surface area contributed by atoms with Gasteiger partial charge >= 0.3 is 12.1 Å². The highest BCUT2D eigenvalue weighted by Crippen LogP contribution is 2.43. The minimum Gasteiger partial charge on any atom is -0.480 e. The van der Waals surface area contributed by atoms with Crippen molar-refractivity contribution < 1.29 is 27.9 Å². The zero-order chi connectivity index (χ0) is 26.9. The van der Waals surface area contributed by atoms with Gasteiger partial charge in [0.05, 0.1) is 26.7 Å². The first-order valence-corrected chi connectivity index (χ1v) is 11.8. The third kappa shape index (κ3) is 5.51. The van der Waals surface area contributed by atoms with Crippen molar-refractivity contribution >= 4 is 57.6 Å². The molecule has 0 radical (unpaired) electrons. The van der Waals surface area contributed by atoms with Gasteiger partial charge in [-0.1, -0.05) is 65.1 Å². The van der Waals surface area contributed by atoms with E-state index in [-0.39, 0.29) is 43.7 Å². The number of carboxylic acid groups (broad SMARTS) is 1. The van der Waals surface area contributed by atoms with Crippen LogP contribution in [-0.4, -0.2) is 28.0 Å². The summed E-state index contributed by atoms with van der Waals surface area (Å²) in [7, 11) is 0. The average molecular weight is 568 g/mol. The molecule has 0 saturated carbocycles. The largest absolute Gasteiger partial charge is 0.480 e. The van der Waals surface area contributed by atoms with Crippen molar-refractivity contribution in [3.8, 4) is 11.1 Å². The molecule has 5 nitrogen and oxygen atoms in total. The standard InChI is InChI=1S/C26H16Cl3F3N2O3/c27-17-6-1-5-16(26(30,31)32)21(17)14-10-9-13(23-15(14)4-3-11-33-23)12-20(25(36)37)34-24(35)22-18(28)7-2-8-19(22)29/h1-11,20H,12H2,(H,34,35)(H,36,37). The Morgan fingerprint density at radius 3 is 2.22 bits per heavy atom. The highest BCUT2D eigenvalue weighted by molar-refractivity contribution is 6.39. The molecular formula is C26H16Cl3F3N2O3. The van der Waals surface area contributed by atoms with Gasteiger partial charge in [-0.05, 0) is 41.5 Å². The number of halogens is 6. The maximum atomic E-state index is 13.8. The number of alkyl halides is 3. The summed E-state index contributed by atoms with van der Waals surface area (Å²) in [5.41, 5.74) is -0.359. The number of amides is 1. The predicted octanol–water partition coefficient (Wildman–Crippen LogP) is 7.31. The summed E-state index contributed by atoms with van der Waals surface area (Å²) in [5, 5.41) is 12.5. The molecule has 0 bridgehead atoms. The van der Waals surface area contributed by atoms with Gasteiger partial charge in [-0.15, -0.1) is 0 Å². The normalized spacial score (nSPS) is 12.4. The molecule has 190 valence electrons. The van der Waals surface area contributed by atoms with Crippen molar-refractivity contribution in [2.75, 3.05) is 0 Å². The summed E-state index contributed by atoms with van der Waals surface area (Å²) in [5.74, 6) is -2.13. The first-order valence-electron chi connectivity index (χ1n) is 10.7. The number of nitrogens with zero attached hydrogens (tertiary/aromatic N) is 1. The molecule has 3 aromatic carbocycles. The van der Waals surface area contributed by atoms with E-state index in [0.29, 0.717) is 10.9 Å². The van der Waals surface area contributed by atoms with Crippen LogP contribution in [0.5, 0.6) is 0 Å². The molecule has 4 aromatic rings. The number of benzene rings is 3. The maximum Gasteiger partial charge on any atom is 0.417 e. The second kappa shape index (κ2) is 10.6. The lowest BCUT2D eigenvalue weighted by atomic mass is 9.92. The fourth-order valence-corrected chi connectivity index (χ4v) is 4.86. The van der Waals surface area contributed by atoms with Crippen LogP contribution >= 0.6 is 34.8 Å². The van der Waals surface area contributed by atoms with Crippen LogP contribution in [0.1, 0.15) is 21.5 Å². The van der Waals surface area contributed by atoms with Crippen LogP contribution in [0.3, 0.4) is 0 Å². The zero-order valence-electron chi connectivity index (χ0n) is 18.6. The lowest BCUT2D eigenvalue weighted by molar-refractivity contribution is -0.139. The van der Waals surface area contributed by atoms with Gasteiger partial charge in [0.2, 0.25) is 0 Å². The Morgan fingerprint density at radius 2 is 1.57 bits per heavy atom. The van der Waals surface area contributed by atoms with Crippen molar-refractivity contribution in [2.24, 2.45) is 0 Å². The molecule has 37 heavy (non-hydrogen) atoms. The first-order chi connectivity index (χ1) is 17.5. The highest BCUT2D eigenvalue weighted by Gasteiger charge is 2.35. The number of aromatic nitrogens is 1. The average Bonchev–Trinajstić information content (AvgIpc) is 2.83. The zero-order valence-corrected chi connectivity index (χ0v) is 20.9. The molecule has 0 fully saturated rings. The van der Waals surface area contributed by atoms with E-state index >= 15 is 0 Å². The number of nitrogens with one attached hydrogen (secondary N) is 1. The van der Waals surface area contributed by atoms with Gasteiger partial charge in [-0.25, -0.2) is 4.79 Å². The van der Waals surface area contributed by atoms with Gasteiger partial charge in [0.25, 0.3) is 5.91 Å². The van der Waals surface area contributed by atoms with Crippen LogP contribution in [0.4, 0.5) is 13.2 Å². The molecule has 1 aromatic heterocycles. The Bertz CT molecular complexity index is 1510. The van der Waals surface area contributed by atoms with Gasteiger partial charge < -0.3 is 10.4 Å². The van der Waals surface area contributed by atoms with Gasteiger partial charge in [0.15, 0.2) is 0 Å². The summed E-state index contributed by atoms with van der Waals surface area (Å²) in [6.45, 7) is 0. The molecule has 0 spiro atoms. The number of fused-ring (bicyclic) bond motifs is 1. The summed E-state index contributed by atoms with van der Waals surface area (Å²) < 4.78 is 41.3. The Balaban J connectivity index is 1.77. The predicted molar refractivity (Wildman–Crippen MR) is 136 cm³/mol. The molecule has 4 rings (SSSR count). The van der Waals surface area contributed by atoms with Gasteiger partial charge in [-0.3, -0.25) is 9.78 Å². The molecule has 0 saturated heterocycles. The molecule has 11 heteroatoms. The number of pyridine rings is 1. The molecule has 0 aliphatic carbocycles. The summed E-state index contributed by atoms with van der Waals surface area (Å²) >= 11 is 18.3. The van der Waals surface area contributed by atoms with E-state index in [1.807, 2.05) is 0 Å². The monoisotopic (exact) mass is 566 g/mol. The minimum atomic E-state index is -4.66.